The number of nitrogens with zero attached hydrogens (tertiary/aromatic N) is 2. The molecule has 0 amide bonds. The molecule has 5 heteroatoms. The largest absolute Gasteiger partial charge is 4.00 e. The third kappa shape index (κ3) is 8.94. The van der Waals surface area contributed by atoms with E-state index in [-0.39, 0.29) is 35.6 Å². The molecular weight excluding hydrogens is 494 g/mol. The van der Waals surface area contributed by atoms with Gasteiger partial charge in [-0.15, -0.1) is 22.7 Å². The zero-order chi connectivity index (χ0) is 21.3. The molecule has 0 aromatic heterocycles. The van der Waals surface area contributed by atoms with Crippen molar-refractivity contribution < 1.29 is 35.6 Å². The van der Waals surface area contributed by atoms with E-state index in [2.05, 4.69) is 62.6 Å². The minimum absolute atomic E-state index is 0. The quantitative estimate of drug-likeness (QED) is 0.394. The van der Waals surface area contributed by atoms with Crippen molar-refractivity contribution in [2.45, 2.75) is 27.7 Å². The molecule has 0 N–H and O–H groups in total. The Morgan fingerprint density at radius 2 is 0.545 bits per heavy atom. The fraction of sp³-hybridized carbons (Fsp3) is 0.143. The van der Waals surface area contributed by atoms with Gasteiger partial charge in [-0.05, 0) is 27.7 Å². The van der Waals surface area contributed by atoms with Gasteiger partial charge in [0.2, 0.25) is 0 Å². The molecule has 0 unspecified atom stereocenters. The number of rotatable bonds is 4. The molecule has 2 nitrogen and oxygen atoms in total. The molecule has 0 aliphatic heterocycles. The topological polar surface area (TPSA) is 28.2 Å². The average molecular weight is 522 g/mol. The molecule has 0 aliphatic carbocycles. The molecule has 0 saturated heterocycles. The number of aryl methyl sites for hydroxylation is 4. The first kappa shape index (κ1) is 30.2. The van der Waals surface area contributed by atoms with E-state index in [0.29, 0.717) is 0 Å². The molecule has 0 aliphatic rings. The normalized spacial score (nSPS) is 9.09. The summed E-state index contributed by atoms with van der Waals surface area (Å²) in [6.45, 7) is 8.32. The van der Waals surface area contributed by atoms with Crippen LogP contribution in [0.5, 0.6) is 0 Å². The Balaban J connectivity index is 0.000000569. The zero-order valence-electron chi connectivity index (χ0n) is 19.4. The third-order valence-corrected chi connectivity index (χ3v) is 4.94. The summed E-state index contributed by atoms with van der Waals surface area (Å²) < 4.78 is 0. The van der Waals surface area contributed by atoms with E-state index in [1.54, 1.807) is 0 Å². The number of halogens is 2. The third-order valence-electron chi connectivity index (χ3n) is 4.94. The molecule has 0 atom stereocenters. The van der Waals surface area contributed by atoms with Crippen molar-refractivity contribution in [3.63, 3.8) is 0 Å². The predicted molar refractivity (Wildman–Crippen MR) is 130 cm³/mol. The maximum Gasteiger partial charge on any atom is 4.00 e. The van der Waals surface area contributed by atoms with Crippen LogP contribution >= 0.6 is 0 Å². The minimum atomic E-state index is 0. The molecule has 4 aromatic carbocycles. The van der Waals surface area contributed by atoms with Crippen LogP contribution in [0.15, 0.2) is 97.1 Å². The summed E-state index contributed by atoms with van der Waals surface area (Å²) >= 11 is 0. The molecule has 0 bridgehead atoms. The Labute approximate surface area is 215 Å². The average Bonchev–Trinajstić information content (AvgIpc) is 2.75. The summed E-state index contributed by atoms with van der Waals surface area (Å²) in [5.74, 6) is 0. The smallest absolute Gasteiger partial charge is 1.00 e. The predicted octanol–water partition coefficient (Wildman–Crippen LogP) is 3.29. The van der Waals surface area contributed by atoms with E-state index >= 15 is 0 Å². The van der Waals surface area contributed by atoms with Crippen molar-refractivity contribution in [2.24, 2.45) is 0 Å². The van der Waals surface area contributed by atoms with Crippen LogP contribution < -0.4 is 9.41 Å². The summed E-state index contributed by atoms with van der Waals surface area (Å²) in [4.78, 5) is 0. The maximum absolute atomic E-state index is 4.64. The Morgan fingerprint density at radius 3 is 0.727 bits per heavy atom. The first-order valence-corrected chi connectivity index (χ1v) is 10.2. The van der Waals surface area contributed by atoms with E-state index < -0.39 is 0 Å². The molecule has 0 heterocycles. The van der Waals surface area contributed by atoms with Crippen LogP contribution in [0.1, 0.15) is 22.3 Å². The van der Waals surface area contributed by atoms with Gasteiger partial charge in [-0.25, -0.2) is 0 Å². The summed E-state index contributed by atoms with van der Waals surface area (Å²) in [5.41, 5.74) is 9.03. The maximum atomic E-state index is 4.64. The Bertz CT molecular complexity index is 940. The molecule has 168 valence electrons. The van der Waals surface area contributed by atoms with E-state index in [4.69, 9.17) is 0 Å². The van der Waals surface area contributed by atoms with Crippen LogP contribution in [-0.2, 0) is 26.2 Å². The van der Waals surface area contributed by atoms with Crippen LogP contribution in [0.2, 0.25) is 0 Å². The van der Waals surface area contributed by atoms with Crippen LogP contribution in [0.25, 0.3) is 10.6 Å². The van der Waals surface area contributed by atoms with Gasteiger partial charge in [0.1, 0.15) is 0 Å². The van der Waals surface area contributed by atoms with Crippen LogP contribution in [0, 0.1) is 27.7 Å². The molecule has 0 saturated carbocycles. The molecule has 33 heavy (non-hydrogen) atoms. The Hall–Kier alpha value is -2.78. The molecule has 0 radical (unpaired) electrons. The second-order valence-electron chi connectivity index (χ2n) is 7.37. The Kier molecular flexibility index (Phi) is 13.9. The number of benzene rings is 4. The molecular formula is C28H28F2N2Zr. The monoisotopic (exact) mass is 520 g/mol. The second kappa shape index (κ2) is 15.1. The van der Waals surface area contributed by atoms with Crippen molar-refractivity contribution in [3.05, 3.63) is 130 Å². The van der Waals surface area contributed by atoms with Gasteiger partial charge in [0, 0.05) is 0 Å². The molecule has 4 aromatic rings. The summed E-state index contributed by atoms with van der Waals surface area (Å²) in [7, 11) is 0. The van der Waals surface area contributed by atoms with E-state index in [1.165, 1.54) is 22.3 Å². The molecule has 0 spiro atoms. The van der Waals surface area contributed by atoms with Crippen LogP contribution in [0.4, 0.5) is 22.7 Å². The fourth-order valence-corrected chi connectivity index (χ4v) is 3.01. The van der Waals surface area contributed by atoms with Gasteiger partial charge >= 0.3 is 26.2 Å². The van der Waals surface area contributed by atoms with Crippen molar-refractivity contribution in [1.29, 1.82) is 0 Å². The number of para-hydroxylation sites is 4. The fourth-order valence-electron chi connectivity index (χ4n) is 3.01. The van der Waals surface area contributed by atoms with Crippen molar-refractivity contribution in [2.75, 3.05) is 0 Å². The van der Waals surface area contributed by atoms with Gasteiger partial charge < -0.3 is 20.0 Å². The van der Waals surface area contributed by atoms with Crippen LogP contribution in [0.3, 0.4) is 0 Å². The number of hydrogen-bond acceptors (Lipinski definition) is 0. The van der Waals surface area contributed by atoms with Crippen molar-refractivity contribution in [3.8, 4) is 0 Å². The van der Waals surface area contributed by atoms with Gasteiger partial charge in [0.05, 0.1) is 0 Å². The Morgan fingerprint density at radius 1 is 0.364 bits per heavy atom. The first-order chi connectivity index (χ1) is 14.5. The first-order valence-electron chi connectivity index (χ1n) is 10.2. The van der Waals surface area contributed by atoms with E-state index in [1.807, 2.05) is 72.8 Å². The molecule has 0 fully saturated rings. The second-order valence-corrected chi connectivity index (χ2v) is 7.37. The van der Waals surface area contributed by atoms with Crippen LogP contribution in [-0.4, -0.2) is 0 Å². The standard InChI is InChI=1S/2C14H14N.2FH.Zr/c2*1-11-7-3-5-9-13(11)15-14-10-6-4-8-12(14)2;;;/h2*3-10H,1-2H3;2*1H;/q2*-1;;;+4/p-2. The van der Waals surface area contributed by atoms with Crippen molar-refractivity contribution in [1.82, 2.24) is 0 Å². The SMILES string of the molecule is Cc1ccccc1[N-]c1ccccc1C.Cc1ccccc1[N-]c1ccccc1C.[F-].[F-].[Zr+4]. The molecule has 4 rings (SSSR count). The summed E-state index contributed by atoms with van der Waals surface area (Å²) in [5, 5.41) is 9.28. The van der Waals surface area contributed by atoms with Gasteiger partial charge in [-0.2, -0.15) is 0 Å². The van der Waals surface area contributed by atoms with E-state index in [9.17, 15) is 0 Å². The zero-order valence-corrected chi connectivity index (χ0v) is 21.8. The summed E-state index contributed by atoms with van der Waals surface area (Å²) in [6.07, 6.45) is 0. The van der Waals surface area contributed by atoms with Gasteiger partial charge in [0.25, 0.3) is 0 Å². The summed E-state index contributed by atoms with van der Waals surface area (Å²) in [6, 6.07) is 32.7. The van der Waals surface area contributed by atoms with Gasteiger partial charge in [0.15, 0.2) is 0 Å². The van der Waals surface area contributed by atoms with Crippen molar-refractivity contribution >= 4 is 22.7 Å². The van der Waals surface area contributed by atoms with E-state index in [0.717, 1.165) is 22.7 Å². The van der Waals surface area contributed by atoms with Gasteiger partial charge in [-0.1, -0.05) is 119 Å². The van der Waals surface area contributed by atoms with Gasteiger partial charge in [-0.3, -0.25) is 0 Å². The number of hydrogen-bond donors (Lipinski definition) is 0. The minimum Gasteiger partial charge on any atom is -1.00 e.